The van der Waals surface area contributed by atoms with Crippen molar-refractivity contribution in [3.8, 4) is 0 Å². The number of unbranched alkanes of at least 4 members (excludes halogenated alkanes) is 41. The Labute approximate surface area is 467 Å². The Morgan fingerprint density at radius 2 is 0.842 bits per heavy atom. The SMILES string of the molecule is CCCCCCCCC/C=C/C(O)C(COC1OC(CO)C(O)C(O)C1O)NC(=O)CCCCCCCCC/C=C\CCCCCCCCCCCCCOC(=O)CCCCCCCCCCCCCCCCCCC. The highest BCUT2D eigenvalue weighted by atomic mass is 16.7. The Morgan fingerprint density at radius 1 is 0.474 bits per heavy atom. The summed E-state index contributed by atoms with van der Waals surface area (Å²) in [6.45, 7) is 4.33. The molecule has 1 saturated heterocycles. The van der Waals surface area contributed by atoms with Crippen LogP contribution in [0.1, 0.15) is 316 Å². The second-order valence-corrected chi connectivity index (χ2v) is 22.8. The Balaban J connectivity index is 1.97. The largest absolute Gasteiger partial charge is 0.466 e. The number of carbonyl (C=O) groups excluding carboxylic acids is 2. The zero-order valence-electron chi connectivity index (χ0n) is 49.5. The van der Waals surface area contributed by atoms with E-state index >= 15 is 0 Å². The Hall–Kier alpha value is -1.86. The summed E-state index contributed by atoms with van der Waals surface area (Å²) >= 11 is 0. The molecule has 0 radical (unpaired) electrons. The minimum absolute atomic E-state index is 0.00173. The van der Waals surface area contributed by atoms with Gasteiger partial charge in [-0.15, -0.1) is 0 Å². The van der Waals surface area contributed by atoms with Crippen LogP contribution >= 0.6 is 0 Å². The molecule has 0 saturated carbocycles. The maximum absolute atomic E-state index is 13.0. The zero-order chi connectivity index (χ0) is 55.2. The van der Waals surface area contributed by atoms with E-state index in [9.17, 15) is 35.1 Å². The van der Waals surface area contributed by atoms with E-state index in [0.717, 1.165) is 70.6 Å². The third kappa shape index (κ3) is 44.0. The molecule has 76 heavy (non-hydrogen) atoms. The lowest BCUT2D eigenvalue weighted by Crippen LogP contribution is -2.60. The van der Waals surface area contributed by atoms with Gasteiger partial charge in [0.25, 0.3) is 0 Å². The van der Waals surface area contributed by atoms with Gasteiger partial charge in [0.05, 0.1) is 32.0 Å². The molecule has 1 heterocycles. The van der Waals surface area contributed by atoms with Crippen LogP contribution in [-0.4, -0.2) is 100 Å². The molecule has 1 fully saturated rings. The number of allylic oxidation sites excluding steroid dienone is 3. The van der Waals surface area contributed by atoms with Gasteiger partial charge in [-0.05, 0) is 57.8 Å². The number of hydrogen-bond acceptors (Lipinski definition) is 10. The van der Waals surface area contributed by atoms with Crippen LogP contribution in [0.3, 0.4) is 0 Å². The van der Waals surface area contributed by atoms with E-state index in [1.807, 2.05) is 6.08 Å². The number of hydrogen-bond donors (Lipinski definition) is 6. The van der Waals surface area contributed by atoms with Crippen LogP contribution in [0.25, 0.3) is 0 Å². The summed E-state index contributed by atoms with van der Waals surface area (Å²) < 4.78 is 16.7. The normalized spacial score (nSPS) is 18.8. The standard InChI is InChI=1S/C65H123NO10/c1-3-5-7-9-11-13-14-15-16-23-27-30-33-37-41-45-49-53-61(70)74-54-50-46-42-38-34-31-28-25-22-20-18-17-19-21-24-26-29-32-36-40-44-48-52-60(69)66-57(58(68)51-47-43-39-35-12-10-8-6-4-2)56-75-65-64(73)63(72)62(71)59(55-67)76-65/h19,21,47,51,57-59,62-65,67-68,71-73H,3-18,20,22-46,48-50,52-56H2,1-2H3,(H,66,69)/b21-19-,51-47+. The summed E-state index contributed by atoms with van der Waals surface area (Å²) in [5.41, 5.74) is 0. The maximum Gasteiger partial charge on any atom is 0.305 e. The molecule has 0 aromatic rings. The van der Waals surface area contributed by atoms with Gasteiger partial charge in [-0.1, -0.05) is 269 Å². The van der Waals surface area contributed by atoms with E-state index < -0.39 is 49.5 Å². The third-order valence-electron chi connectivity index (χ3n) is 15.6. The summed E-state index contributed by atoms with van der Waals surface area (Å²) in [4.78, 5) is 25.1. The second kappa shape index (κ2) is 55.1. The predicted octanol–water partition coefficient (Wildman–Crippen LogP) is 15.7. The fourth-order valence-corrected chi connectivity index (χ4v) is 10.4. The van der Waals surface area contributed by atoms with Gasteiger partial charge in [0.15, 0.2) is 6.29 Å². The van der Waals surface area contributed by atoms with E-state index in [4.69, 9.17) is 14.2 Å². The average molecular weight is 1080 g/mol. The predicted molar refractivity (Wildman–Crippen MR) is 315 cm³/mol. The summed E-state index contributed by atoms with van der Waals surface area (Å²) in [7, 11) is 0. The number of rotatable bonds is 57. The van der Waals surface area contributed by atoms with Gasteiger partial charge >= 0.3 is 5.97 Å². The van der Waals surface area contributed by atoms with E-state index in [1.165, 1.54) is 218 Å². The van der Waals surface area contributed by atoms with Crippen molar-refractivity contribution < 1.29 is 49.3 Å². The lowest BCUT2D eigenvalue weighted by molar-refractivity contribution is -0.302. The number of esters is 1. The van der Waals surface area contributed by atoms with Crippen LogP contribution in [0.5, 0.6) is 0 Å². The molecule has 7 atom stereocenters. The molecule has 0 bridgehead atoms. The van der Waals surface area contributed by atoms with Gasteiger partial charge in [-0.3, -0.25) is 9.59 Å². The lowest BCUT2D eigenvalue weighted by atomic mass is 9.99. The van der Waals surface area contributed by atoms with Gasteiger partial charge in [0, 0.05) is 12.8 Å². The monoisotopic (exact) mass is 1080 g/mol. The Morgan fingerprint density at radius 3 is 1.26 bits per heavy atom. The van der Waals surface area contributed by atoms with E-state index in [0.29, 0.717) is 19.4 Å². The first-order valence-corrected chi connectivity index (χ1v) is 32.6. The fourth-order valence-electron chi connectivity index (χ4n) is 10.4. The van der Waals surface area contributed by atoms with Crippen LogP contribution in [0.15, 0.2) is 24.3 Å². The molecule has 6 N–H and O–H groups in total. The van der Waals surface area contributed by atoms with Crippen molar-refractivity contribution in [2.24, 2.45) is 0 Å². The molecular formula is C65H123NO10. The van der Waals surface area contributed by atoms with Gasteiger partial charge < -0.3 is 45.1 Å². The van der Waals surface area contributed by atoms with Crippen molar-refractivity contribution in [1.82, 2.24) is 5.32 Å². The highest BCUT2D eigenvalue weighted by Crippen LogP contribution is 2.23. The highest BCUT2D eigenvalue weighted by Gasteiger charge is 2.44. The first-order chi connectivity index (χ1) is 37.2. The number of ether oxygens (including phenoxy) is 3. The van der Waals surface area contributed by atoms with Crippen molar-refractivity contribution >= 4 is 11.9 Å². The van der Waals surface area contributed by atoms with Crippen LogP contribution in [0.2, 0.25) is 0 Å². The smallest absolute Gasteiger partial charge is 0.305 e. The number of aliphatic hydroxyl groups excluding tert-OH is 5. The molecule has 1 amide bonds. The quantitative estimate of drug-likeness (QED) is 0.0195. The van der Waals surface area contributed by atoms with Crippen molar-refractivity contribution in [2.75, 3.05) is 19.8 Å². The van der Waals surface area contributed by atoms with Crippen LogP contribution in [-0.2, 0) is 23.8 Å². The zero-order valence-corrected chi connectivity index (χ0v) is 49.5. The molecule has 0 aromatic heterocycles. The molecule has 7 unspecified atom stereocenters. The van der Waals surface area contributed by atoms with E-state index in [2.05, 4.69) is 31.3 Å². The Kier molecular flexibility index (Phi) is 52.3. The van der Waals surface area contributed by atoms with Crippen LogP contribution in [0, 0.1) is 0 Å². The summed E-state index contributed by atoms with van der Waals surface area (Å²) in [6.07, 6.45) is 57.3. The summed E-state index contributed by atoms with van der Waals surface area (Å²) in [5.74, 6) is -0.188. The highest BCUT2D eigenvalue weighted by molar-refractivity contribution is 5.76. The number of amides is 1. The first-order valence-electron chi connectivity index (χ1n) is 32.6. The number of aliphatic hydroxyl groups is 5. The molecular weight excluding hydrogens is 955 g/mol. The molecule has 11 heteroatoms. The van der Waals surface area contributed by atoms with Crippen molar-refractivity contribution in [3.05, 3.63) is 24.3 Å². The molecule has 11 nitrogen and oxygen atoms in total. The molecule has 0 spiro atoms. The maximum atomic E-state index is 13.0. The second-order valence-electron chi connectivity index (χ2n) is 22.8. The summed E-state index contributed by atoms with van der Waals surface area (Å²) in [6, 6.07) is -0.813. The molecule has 0 aliphatic carbocycles. The number of nitrogens with one attached hydrogen (secondary N) is 1. The third-order valence-corrected chi connectivity index (χ3v) is 15.6. The van der Waals surface area contributed by atoms with Gasteiger partial charge in [-0.2, -0.15) is 0 Å². The molecule has 1 aliphatic heterocycles. The average Bonchev–Trinajstić information content (AvgIpc) is 3.42. The van der Waals surface area contributed by atoms with Crippen LogP contribution < -0.4 is 5.32 Å². The lowest BCUT2D eigenvalue weighted by Gasteiger charge is -2.40. The molecule has 1 aliphatic rings. The molecule has 448 valence electrons. The van der Waals surface area contributed by atoms with Gasteiger partial charge in [0.2, 0.25) is 5.91 Å². The van der Waals surface area contributed by atoms with Crippen LogP contribution in [0.4, 0.5) is 0 Å². The minimum atomic E-state index is -1.57. The van der Waals surface area contributed by atoms with E-state index in [-0.39, 0.29) is 18.5 Å². The number of carbonyl (C=O) groups is 2. The summed E-state index contributed by atoms with van der Waals surface area (Å²) in [5, 5.41) is 54.2. The van der Waals surface area contributed by atoms with E-state index in [1.54, 1.807) is 6.08 Å². The Bertz CT molecular complexity index is 1310. The molecule has 0 aromatic carbocycles. The van der Waals surface area contributed by atoms with Crippen molar-refractivity contribution in [1.29, 1.82) is 0 Å². The molecule has 1 rings (SSSR count). The minimum Gasteiger partial charge on any atom is -0.466 e. The van der Waals surface area contributed by atoms with Gasteiger partial charge in [0.1, 0.15) is 24.4 Å². The first kappa shape index (κ1) is 72.2. The van der Waals surface area contributed by atoms with Crippen molar-refractivity contribution in [3.63, 3.8) is 0 Å². The fraction of sp³-hybridized carbons (Fsp3) is 0.908. The topological polar surface area (TPSA) is 175 Å². The van der Waals surface area contributed by atoms with Gasteiger partial charge in [-0.25, -0.2) is 0 Å². The van der Waals surface area contributed by atoms with Crippen molar-refractivity contribution in [2.45, 2.75) is 358 Å².